The molecule has 0 aliphatic carbocycles. The van der Waals surface area contributed by atoms with Crippen LogP contribution in [0.5, 0.6) is 5.75 Å². The standard InChI is InChI=1S/C16H24N2O3/c1-2-18(12-13-6-5-10-20-13)16(19)9-11-21-15-8-4-3-7-14(15)17/h3-4,7-8,13H,2,5-6,9-12,17H2,1H3. The van der Waals surface area contributed by atoms with Crippen molar-refractivity contribution in [1.29, 1.82) is 0 Å². The van der Waals surface area contributed by atoms with Crippen LogP contribution in [-0.4, -0.2) is 43.2 Å². The smallest absolute Gasteiger partial charge is 0.226 e. The molecule has 0 bridgehead atoms. The number of carbonyl (C=O) groups is 1. The predicted octanol–water partition coefficient (Wildman–Crippen LogP) is 2.07. The molecule has 1 aromatic carbocycles. The second-order valence-corrected chi connectivity index (χ2v) is 5.20. The van der Waals surface area contributed by atoms with Crippen molar-refractivity contribution in [3.05, 3.63) is 24.3 Å². The lowest BCUT2D eigenvalue weighted by atomic mass is 10.2. The highest BCUT2D eigenvalue weighted by atomic mass is 16.5. The molecule has 1 amide bonds. The Morgan fingerprint density at radius 3 is 2.95 bits per heavy atom. The van der Waals surface area contributed by atoms with Crippen LogP contribution in [0.3, 0.4) is 0 Å². The number of nitrogen functional groups attached to an aromatic ring is 1. The normalized spacial score (nSPS) is 17.7. The average molecular weight is 292 g/mol. The van der Waals surface area contributed by atoms with Gasteiger partial charge < -0.3 is 20.1 Å². The van der Waals surface area contributed by atoms with E-state index < -0.39 is 0 Å². The van der Waals surface area contributed by atoms with Gasteiger partial charge in [0.25, 0.3) is 0 Å². The largest absolute Gasteiger partial charge is 0.491 e. The first-order chi connectivity index (χ1) is 10.2. The molecule has 1 fully saturated rings. The molecule has 5 nitrogen and oxygen atoms in total. The van der Waals surface area contributed by atoms with Gasteiger partial charge in [-0.2, -0.15) is 0 Å². The molecule has 5 heteroatoms. The number of amides is 1. The van der Waals surface area contributed by atoms with Gasteiger partial charge in [0, 0.05) is 19.7 Å². The number of ether oxygens (including phenoxy) is 2. The number of nitrogens with two attached hydrogens (primary N) is 1. The maximum Gasteiger partial charge on any atom is 0.226 e. The van der Waals surface area contributed by atoms with Crippen LogP contribution in [0.4, 0.5) is 5.69 Å². The van der Waals surface area contributed by atoms with Crippen molar-refractivity contribution in [2.24, 2.45) is 0 Å². The monoisotopic (exact) mass is 292 g/mol. The molecule has 1 aliphatic heterocycles. The molecular weight excluding hydrogens is 268 g/mol. The maximum atomic E-state index is 12.2. The molecule has 1 aliphatic rings. The zero-order chi connectivity index (χ0) is 15.1. The third kappa shape index (κ3) is 4.63. The van der Waals surface area contributed by atoms with Crippen molar-refractivity contribution in [2.75, 3.05) is 32.0 Å². The molecule has 0 spiro atoms. The van der Waals surface area contributed by atoms with Gasteiger partial charge in [0.1, 0.15) is 5.75 Å². The SMILES string of the molecule is CCN(CC1CCCO1)C(=O)CCOc1ccccc1N. The summed E-state index contributed by atoms with van der Waals surface area (Å²) in [5.74, 6) is 0.731. The van der Waals surface area contributed by atoms with Crippen LogP contribution in [0.25, 0.3) is 0 Å². The zero-order valence-electron chi connectivity index (χ0n) is 12.6. The molecule has 0 saturated carbocycles. The van der Waals surface area contributed by atoms with Gasteiger partial charge in [0.2, 0.25) is 5.91 Å². The quantitative estimate of drug-likeness (QED) is 0.781. The Labute approximate surface area is 126 Å². The summed E-state index contributed by atoms with van der Waals surface area (Å²) < 4.78 is 11.2. The molecular formula is C16H24N2O3. The first-order valence-electron chi connectivity index (χ1n) is 7.57. The fraction of sp³-hybridized carbons (Fsp3) is 0.562. The van der Waals surface area contributed by atoms with Crippen molar-refractivity contribution < 1.29 is 14.3 Å². The van der Waals surface area contributed by atoms with Crippen LogP contribution in [0.2, 0.25) is 0 Å². The molecule has 2 N–H and O–H groups in total. The molecule has 1 heterocycles. The fourth-order valence-electron chi connectivity index (χ4n) is 2.46. The lowest BCUT2D eigenvalue weighted by molar-refractivity contribution is -0.133. The summed E-state index contributed by atoms with van der Waals surface area (Å²) in [5.41, 5.74) is 6.39. The first-order valence-corrected chi connectivity index (χ1v) is 7.57. The van der Waals surface area contributed by atoms with E-state index in [1.165, 1.54) is 0 Å². The third-order valence-corrected chi connectivity index (χ3v) is 3.67. The molecule has 1 atom stereocenters. The lowest BCUT2D eigenvalue weighted by Crippen LogP contribution is -2.37. The molecule has 1 aromatic rings. The van der Waals surface area contributed by atoms with Gasteiger partial charge in [-0.15, -0.1) is 0 Å². The van der Waals surface area contributed by atoms with Gasteiger partial charge in [0.05, 0.1) is 24.8 Å². The minimum Gasteiger partial charge on any atom is -0.491 e. The minimum atomic E-state index is 0.0995. The summed E-state index contributed by atoms with van der Waals surface area (Å²) in [6.07, 6.45) is 2.68. The van der Waals surface area contributed by atoms with E-state index in [1.807, 2.05) is 30.0 Å². The number of hydrogen-bond acceptors (Lipinski definition) is 4. The Bertz CT molecular complexity index is 459. The van der Waals surface area contributed by atoms with E-state index in [9.17, 15) is 4.79 Å². The molecule has 116 valence electrons. The highest BCUT2D eigenvalue weighted by Crippen LogP contribution is 2.20. The van der Waals surface area contributed by atoms with E-state index in [1.54, 1.807) is 6.07 Å². The summed E-state index contributed by atoms with van der Waals surface area (Å²) >= 11 is 0. The number of carbonyl (C=O) groups excluding carboxylic acids is 1. The summed E-state index contributed by atoms with van der Waals surface area (Å²) in [5, 5.41) is 0. The number of nitrogens with zero attached hydrogens (tertiary/aromatic N) is 1. The summed E-state index contributed by atoms with van der Waals surface area (Å²) in [4.78, 5) is 14.0. The molecule has 0 aromatic heterocycles. The number of hydrogen-bond donors (Lipinski definition) is 1. The van der Waals surface area contributed by atoms with Crippen LogP contribution in [0.15, 0.2) is 24.3 Å². The third-order valence-electron chi connectivity index (χ3n) is 3.67. The van der Waals surface area contributed by atoms with Gasteiger partial charge in [0.15, 0.2) is 0 Å². The number of benzene rings is 1. The van der Waals surface area contributed by atoms with E-state index in [4.69, 9.17) is 15.2 Å². The van der Waals surface area contributed by atoms with Gasteiger partial charge in [-0.1, -0.05) is 12.1 Å². The van der Waals surface area contributed by atoms with Crippen molar-refractivity contribution in [1.82, 2.24) is 4.90 Å². The number of likely N-dealkylation sites (N-methyl/N-ethyl adjacent to an activating group) is 1. The highest BCUT2D eigenvalue weighted by molar-refractivity contribution is 5.76. The van der Waals surface area contributed by atoms with Crippen LogP contribution >= 0.6 is 0 Å². The zero-order valence-corrected chi connectivity index (χ0v) is 12.6. The van der Waals surface area contributed by atoms with E-state index in [0.717, 1.165) is 19.4 Å². The molecule has 0 radical (unpaired) electrons. The number of para-hydroxylation sites is 2. The van der Waals surface area contributed by atoms with Crippen molar-refractivity contribution in [3.63, 3.8) is 0 Å². The molecule has 1 unspecified atom stereocenters. The van der Waals surface area contributed by atoms with Crippen LogP contribution < -0.4 is 10.5 Å². The second kappa shape index (κ2) is 7.88. The molecule has 21 heavy (non-hydrogen) atoms. The Morgan fingerprint density at radius 1 is 1.48 bits per heavy atom. The van der Waals surface area contributed by atoms with E-state index in [0.29, 0.717) is 37.6 Å². The lowest BCUT2D eigenvalue weighted by Gasteiger charge is -2.24. The van der Waals surface area contributed by atoms with Crippen molar-refractivity contribution in [2.45, 2.75) is 32.3 Å². The van der Waals surface area contributed by atoms with Crippen molar-refractivity contribution >= 4 is 11.6 Å². The number of anilines is 1. The minimum absolute atomic E-state index is 0.0995. The molecule has 2 rings (SSSR count). The fourth-order valence-corrected chi connectivity index (χ4v) is 2.46. The van der Waals surface area contributed by atoms with Gasteiger partial charge in [-0.25, -0.2) is 0 Å². The Balaban J connectivity index is 1.75. The van der Waals surface area contributed by atoms with Gasteiger partial charge in [-0.3, -0.25) is 4.79 Å². The van der Waals surface area contributed by atoms with E-state index in [2.05, 4.69) is 0 Å². The van der Waals surface area contributed by atoms with Gasteiger partial charge in [-0.05, 0) is 31.9 Å². The average Bonchev–Trinajstić information content (AvgIpc) is 2.99. The summed E-state index contributed by atoms with van der Waals surface area (Å²) in [6, 6.07) is 7.31. The summed E-state index contributed by atoms with van der Waals surface area (Å²) in [7, 11) is 0. The van der Waals surface area contributed by atoms with Crippen molar-refractivity contribution in [3.8, 4) is 5.75 Å². The van der Waals surface area contributed by atoms with Crippen LogP contribution in [0.1, 0.15) is 26.2 Å². The highest BCUT2D eigenvalue weighted by Gasteiger charge is 2.21. The second-order valence-electron chi connectivity index (χ2n) is 5.20. The van der Waals surface area contributed by atoms with E-state index >= 15 is 0 Å². The Kier molecular flexibility index (Phi) is 5.87. The first kappa shape index (κ1) is 15.6. The maximum absolute atomic E-state index is 12.2. The Morgan fingerprint density at radius 2 is 2.29 bits per heavy atom. The van der Waals surface area contributed by atoms with Crippen LogP contribution in [-0.2, 0) is 9.53 Å². The Hall–Kier alpha value is -1.75. The van der Waals surface area contributed by atoms with E-state index in [-0.39, 0.29) is 12.0 Å². The summed E-state index contributed by atoms with van der Waals surface area (Å²) in [6.45, 7) is 4.53. The van der Waals surface area contributed by atoms with Gasteiger partial charge >= 0.3 is 0 Å². The number of rotatable bonds is 7. The topological polar surface area (TPSA) is 64.8 Å². The predicted molar refractivity (Wildman–Crippen MR) is 82.2 cm³/mol. The van der Waals surface area contributed by atoms with Crippen LogP contribution in [0, 0.1) is 0 Å². The molecule has 1 saturated heterocycles.